The minimum absolute atomic E-state index is 0.250. The molecule has 0 heterocycles. The van der Waals surface area contributed by atoms with Gasteiger partial charge in [-0.1, -0.05) is 30.3 Å². The number of carbonyl (C=O) groups is 2. The summed E-state index contributed by atoms with van der Waals surface area (Å²) < 4.78 is 4.75. The van der Waals surface area contributed by atoms with Crippen LogP contribution >= 0.6 is 0 Å². The van der Waals surface area contributed by atoms with Gasteiger partial charge in [-0.3, -0.25) is 4.79 Å². The number of hydrazone groups is 1. The molecule has 0 spiro atoms. The van der Waals surface area contributed by atoms with Crippen molar-refractivity contribution in [1.29, 1.82) is 0 Å². The third kappa shape index (κ3) is 8.45. The van der Waals surface area contributed by atoms with Crippen molar-refractivity contribution in [2.24, 2.45) is 10.8 Å². The van der Waals surface area contributed by atoms with E-state index < -0.39 is 23.1 Å². The van der Waals surface area contributed by atoms with Crippen LogP contribution in [0.25, 0.3) is 0 Å². The lowest BCUT2D eigenvalue weighted by Crippen LogP contribution is -2.90. The standard InChI is InChI=1S/C17H26N6O5/c1-19-14(11-12-7-4-3-5-8-12)15(24)21-13(16(25)28-2)9-6-10-20-17(18)22-23(26)27/h3-5,7-8,13-14,19H,6,9-11H2,1-2H3,(H,21,24)(H3,18,20,22)/p+1/t13-,14+/m0/s1. The summed E-state index contributed by atoms with van der Waals surface area (Å²) in [6.07, 6.45) is 1.21. The van der Waals surface area contributed by atoms with Crippen LogP contribution in [0, 0.1) is 10.1 Å². The Morgan fingerprint density at radius 1 is 1.36 bits per heavy atom. The number of nitro groups is 1. The van der Waals surface area contributed by atoms with Crippen molar-refractivity contribution in [3.05, 3.63) is 46.0 Å². The van der Waals surface area contributed by atoms with Crippen LogP contribution in [0.3, 0.4) is 0 Å². The highest BCUT2D eigenvalue weighted by Crippen LogP contribution is 2.04. The maximum absolute atomic E-state index is 12.6. The van der Waals surface area contributed by atoms with Gasteiger partial charge in [0, 0.05) is 13.0 Å². The molecular weight excluding hydrogens is 368 g/mol. The predicted molar refractivity (Wildman–Crippen MR) is 102 cm³/mol. The normalized spacial score (nSPS) is 13.3. The Bertz CT molecular complexity index is 682. The molecule has 0 aliphatic heterocycles. The first-order valence-corrected chi connectivity index (χ1v) is 8.81. The van der Waals surface area contributed by atoms with E-state index >= 15 is 0 Å². The van der Waals surface area contributed by atoms with Crippen molar-refractivity contribution >= 4 is 17.8 Å². The van der Waals surface area contributed by atoms with Gasteiger partial charge in [0.2, 0.25) is 0 Å². The quantitative estimate of drug-likeness (QED) is 0.0867. The molecule has 0 aliphatic carbocycles. The number of methoxy groups -OCH3 is 1. The number of carbonyl (C=O) groups excluding carboxylic acids is 2. The van der Waals surface area contributed by atoms with Gasteiger partial charge in [0.05, 0.1) is 14.2 Å². The number of benzene rings is 1. The molecule has 0 saturated carbocycles. The van der Waals surface area contributed by atoms with Gasteiger partial charge in [0.1, 0.15) is 11.1 Å². The van der Waals surface area contributed by atoms with E-state index in [0.29, 0.717) is 12.8 Å². The number of quaternary nitrogens is 1. The molecule has 154 valence electrons. The van der Waals surface area contributed by atoms with Crippen molar-refractivity contribution in [2.45, 2.75) is 31.3 Å². The topological polar surface area (TPSA) is 166 Å². The molecule has 6 N–H and O–H groups in total. The number of hydrogen-bond donors (Lipinski definition) is 4. The summed E-state index contributed by atoms with van der Waals surface area (Å²) in [6.45, 7) is 0.250. The van der Waals surface area contributed by atoms with Gasteiger partial charge >= 0.3 is 5.97 Å². The lowest BCUT2D eigenvalue weighted by atomic mass is 10.0. The Balaban J connectivity index is 2.60. The maximum atomic E-state index is 12.6. The number of amides is 1. The van der Waals surface area contributed by atoms with Crippen LogP contribution in [0.5, 0.6) is 0 Å². The number of esters is 1. The van der Waals surface area contributed by atoms with Crippen molar-refractivity contribution < 1.29 is 24.7 Å². The zero-order chi connectivity index (χ0) is 20.9. The summed E-state index contributed by atoms with van der Waals surface area (Å²) in [5.41, 5.74) is 6.33. The van der Waals surface area contributed by atoms with Crippen molar-refractivity contribution in [3.8, 4) is 0 Å². The van der Waals surface area contributed by atoms with E-state index in [-0.39, 0.29) is 24.8 Å². The lowest BCUT2D eigenvalue weighted by Gasteiger charge is -2.19. The molecule has 28 heavy (non-hydrogen) atoms. The molecule has 0 saturated heterocycles. The Morgan fingerprint density at radius 3 is 2.61 bits per heavy atom. The maximum Gasteiger partial charge on any atom is 0.328 e. The van der Waals surface area contributed by atoms with Gasteiger partial charge in [0.25, 0.3) is 11.9 Å². The summed E-state index contributed by atoms with van der Waals surface area (Å²) >= 11 is 0. The number of nitrogens with zero attached hydrogens (tertiary/aromatic N) is 2. The fourth-order valence-electron chi connectivity index (χ4n) is 2.55. The van der Waals surface area contributed by atoms with E-state index in [9.17, 15) is 19.7 Å². The van der Waals surface area contributed by atoms with Gasteiger partial charge in [-0.05, 0) is 18.4 Å². The number of nitrogens with two attached hydrogens (primary N) is 2. The summed E-state index contributed by atoms with van der Waals surface area (Å²) in [5.74, 6) is -1.16. The molecule has 0 radical (unpaired) electrons. The Morgan fingerprint density at radius 2 is 2.04 bits per heavy atom. The molecule has 11 heteroatoms. The number of hydrogen-bond acceptors (Lipinski definition) is 5. The zero-order valence-corrected chi connectivity index (χ0v) is 16.0. The Hall–Kier alpha value is -3.21. The van der Waals surface area contributed by atoms with Gasteiger partial charge < -0.3 is 26.4 Å². The molecule has 1 aromatic rings. The summed E-state index contributed by atoms with van der Waals surface area (Å²) in [5, 5.41) is 19.3. The molecular formula is C17H27N6O5+. The summed E-state index contributed by atoms with van der Waals surface area (Å²) in [4.78, 5) is 34.8. The second-order valence-electron chi connectivity index (χ2n) is 6.01. The Labute approximate surface area is 162 Å². The molecule has 0 aliphatic rings. The van der Waals surface area contributed by atoms with E-state index in [1.54, 1.807) is 12.4 Å². The molecule has 0 bridgehead atoms. The molecule has 0 unspecified atom stereocenters. The minimum atomic E-state index is -0.909. The number of likely N-dealkylation sites (N-methyl/N-ethyl adjacent to an activating group) is 1. The number of nitrogens with one attached hydrogen (secondary N) is 2. The number of ether oxygens (including phenoxy) is 1. The third-order valence-electron chi connectivity index (χ3n) is 4.00. The highest BCUT2D eigenvalue weighted by atomic mass is 16.7. The third-order valence-corrected chi connectivity index (χ3v) is 4.00. The Kier molecular flexibility index (Phi) is 9.97. The van der Waals surface area contributed by atoms with Crippen LogP contribution in [-0.4, -0.2) is 55.7 Å². The van der Waals surface area contributed by atoms with Crippen LogP contribution in [0.4, 0.5) is 0 Å². The average molecular weight is 395 g/mol. The lowest BCUT2D eigenvalue weighted by molar-refractivity contribution is -0.649. The molecule has 1 amide bonds. The smallest absolute Gasteiger partial charge is 0.328 e. The predicted octanol–water partition coefficient (Wildman–Crippen LogP) is -1.68. The zero-order valence-electron chi connectivity index (χ0n) is 16.0. The van der Waals surface area contributed by atoms with E-state index in [2.05, 4.69) is 15.7 Å². The van der Waals surface area contributed by atoms with Crippen molar-refractivity contribution in [1.82, 2.24) is 10.6 Å². The monoisotopic (exact) mass is 395 g/mol. The van der Waals surface area contributed by atoms with Crippen LogP contribution in [0.1, 0.15) is 18.4 Å². The SMILES string of the molecule is C[NH2+][C@H](Cc1ccccc1)C(=O)N[C@@H](CCCN/C(N)=N/[N+](=O)[O-])C(=O)OC. The highest BCUT2D eigenvalue weighted by Gasteiger charge is 2.27. The van der Waals surface area contributed by atoms with Crippen molar-refractivity contribution in [3.63, 3.8) is 0 Å². The molecule has 11 nitrogen and oxygen atoms in total. The second kappa shape index (κ2) is 12.2. The van der Waals surface area contributed by atoms with E-state index in [1.165, 1.54) is 7.11 Å². The van der Waals surface area contributed by atoms with Crippen LogP contribution in [-0.2, 0) is 20.7 Å². The molecule has 1 aromatic carbocycles. The molecule has 1 rings (SSSR count). The first-order valence-electron chi connectivity index (χ1n) is 8.81. The number of rotatable bonds is 11. The van der Waals surface area contributed by atoms with E-state index in [0.717, 1.165) is 5.56 Å². The minimum Gasteiger partial charge on any atom is -0.467 e. The fraction of sp³-hybridized carbons (Fsp3) is 0.471. The van der Waals surface area contributed by atoms with Gasteiger partial charge in [-0.25, -0.2) is 14.9 Å². The van der Waals surface area contributed by atoms with E-state index in [1.807, 2.05) is 30.3 Å². The highest BCUT2D eigenvalue weighted by molar-refractivity contribution is 5.86. The first-order chi connectivity index (χ1) is 13.4. The largest absolute Gasteiger partial charge is 0.467 e. The summed E-state index contributed by atoms with van der Waals surface area (Å²) in [6, 6.07) is 8.35. The van der Waals surface area contributed by atoms with Crippen molar-refractivity contribution in [2.75, 3.05) is 20.7 Å². The van der Waals surface area contributed by atoms with E-state index in [4.69, 9.17) is 10.5 Å². The average Bonchev–Trinajstić information content (AvgIpc) is 2.67. The van der Waals surface area contributed by atoms with Gasteiger partial charge in [-0.2, -0.15) is 0 Å². The van der Waals surface area contributed by atoms with Gasteiger partial charge in [-0.15, -0.1) is 0 Å². The fourth-order valence-corrected chi connectivity index (χ4v) is 2.55. The van der Waals surface area contributed by atoms with Gasteiger partial charge in [0.15, 0.2) is 11.1 Å². The molecule has 0 aromatic heterocycles. The molecule has 0 fully saturated rings. The molecule has 2 atom stereocenters. The summed E-state index contributed by atoms with van der Waals surface area (Å²) in [7, 11) is 3.04. The second-order valence-corrected chi connectivity index (χ2v) is 6.01. The van der Waals surface area contributed by atoms with Crippen LogP contribution in [0.15, 0.2) is 35.4 Å². The first kappa shape index (κ1) is 22.8. The number of guanidine groups is 1. The van der Waals surface area contributed by atoms with Crippen LogP contribution < -0.4 is 21.7 Å². The van der Waals surface area contributed by atoms with Crippen LogP contribution in [0.2, 0.25) is 0 Å².